The Hall–Kier alpha value is -1.41. The highest BCUT2D eigenvalue weighted by atomic mass is 35.5. The van der Waals surface area contributed by atoms with E-state index >= 15 is 0 Å². The Bertz CT molecular complexity index is 554. The summed E-state index contributed by atoms with van der Waals surface area (Å²) in [6, 6.07) is 5.25. The van der Waals surface area contributed by atoms with Crippen LogP contribution in [-0.2, 0) is 19.6 Å². The number of hydrogen-bond donors (Lipinski definition) is 2. The van der Waals surface area contributed by atoms with E-state index in [0.29, 0.717) is 17.1 Å². The summed E-state index contributed by atoms with van der Waals surface area (Å²) in [5, 5.41) is 0.428. The summed E-state index contributed by atoms with van der Waals surface area (Å²) in [4.78, 5) is 10.4. The van der Waals surface area contributed by atoms with Crippen LogP contribution in [0.15, 0.2) is 41.3 Å². The largest absolute Gasteiger partial charge is 0.461 e. The maximum absolute atomic E-state index is 10.5. The summed E-state index contributed by atoms with van der Waals surface area (Å²) >= 11 is 5.49. The van der Waals surface area contributed by atoms with Gasteiger partial charge in [-0.3, -0.25) is 4.55 Å². The molecule has 0 fully saturated rings. The first-order chi connectivity index (χ1) is 9.18. The summed E-state index contributed by atoms with van der Waals surface area (Å²) in [7, 11) is -4.08. The van der Waals surface area contributed by atoms with Crippen molar-refractivity contribution in [3.8, 4) is 0 Å². The van der Waals surface area contributed by atoms with E-state index in [2.05, 4.69) is 11.3 Å². The Morgan fingerprint density at radius 2 is 1.90 bits per heavy atom. The van der Waals surface area contributed by atoms with Gasteiger partial charge in [0.2, 0.25) is 0 Å². The quantitative estimate of drug-likeness (QED) is 0.496. The van der Waals surface area contributed by atoms with Gasteiger partial charge in [-0.1, -0.05) is 18.2 Å². The second-order valence-electron chi connectivity index (χ2n) is 3.63. The van der Waals surface area contributed by atoms with Crippen molar-refractivity contribution in [3.63, 3.8) is 0 Å². The molecule has 6 nitrogen and oxygen atoms in total. The molecule has 0 aliphatic rings. The van der Waals surface area contributed by atoms with E-state index in [4.69, 9.17) is 21.9 Å². The second kappa shape index (κ2) is 8.70. The highest BCUT2D eigenvalue weighted by Gasteiger charge is 2.07. The predicted octanol–water partition coefficient (Wildman–Crippen LogP) is 1.65. The lowest BCUT2D eigenvalue weighted by atomic mass is 10.4. The van der Waals surface area contributed by atoms with Crippen molar-refractivity contribution < 1.29 is 22.5 Å². The number of hydrogen-bond acceptors (Lipinski definition) is 5. The molecule has 0 radical (unpaired) electrons. The molecule has 0 heterocycles. The van der Waals surface area contributed by atoms with Crippen molar-refractivity contribution >= 4 is 27.7 Å². The normalized spacial score (nSPS) is 10.2. The fraction of sp³-hybridized carbons (Fsp3) is 0.250. The van der Waals surface area contributed by atoms with Gasteiger partial charge in [-0.2, -0.15) is 8.42 Å². The minimum atomic E-state index is -4.08. The van der Waals surface area contributed by atoms with Crippen LogP contribution in [0.4, 0.5) is 0 Å². The zero-order valence-electron chi connectivity index (χ0n) is 10.9. The molecule has 0 bridgehead atoms. The molecule has 112 valence electrons. The summed E-state index contributed by atoms with van der Waals surface area (Å²) in [5.74, 6) is -0.375. The number of nitrogens with two attached hydrogens (primary N) is 1. The molecule has 0 amide bonds. The zero-order chi connectivity index (χ0) is 15.8. The fourth-order valence-corrected chi connectivity index (χ4v) is 1.49. The lowest BCUT2D eigenvalue weighted by molar-refractivity contribution is -0.138. The number of carbonyl (C=O) groups is 1. The topological polar surface area (TPSA) is 107 Å². The zero-order valence-corrected chi connectivity index (χ0v) is 12.4. The first kappa shape index (κ1) is 18.6. The molecular formula is C12H16ClNO5S. The van der Waals surface area contributed by atoms with Crippen LogP contribution >= 0.6 is 11.6 Å². The molecule has 20 heavy (non-hydrogen) atoms. The number of benzene rings is 1. The van der Waals surface area contributed by atoms with Crippen LogP contribution in [0.2, 0.25) is 5.02 Å². The fourth-order valence-electron chi connectivity index (χ4n) is 0.881. The molecule has 1 rings (SSSR count). The maximum atomic E-state index is 10.5. The maximum Gasteiger partial charge on any atom is 0.333 e. The van der Waals surface area contributed by atoms with Crippen LogP contribution in [0.5, 0.6) is 0 Å². The smallest absolute Gasteiger partial charge is 0.333 e. The van der Waals surface area contributed by atoms with Gasteiger partial charge in [-0.25, -0.2) is 4.79 Å². The monoisotopic (exact) mass is 321 g/mol. The highest BCUT2D eigenvalue weighted by Crippen LogP contribution is 2.12. The summed E-state index contributed by atoms with van der Waals surface area (Å²) in [6.45, 7) is 5.62. The lowest BCUT2D eigenvalue weighted by Gasteiger charge is -1.99. The Balaban J connectivity index is 0.000000370. The lowest BCUT2D eigenvalue weighted by Crippen LogP contribution is -2.13. The van der Waals surface area contributed by atoms with Gasteiger partial charge in [0.25, 0.3) is 10.1 Å². The van der Waals surface area contributed by atoms with E-state index in [9.17, 15) is 13.2 Å². The van der Waals surface area contributed by atoms with Gasteiger partial charge >= 0.3 is 5.97 Å². The molecule has 0 atom stereocenters. The van der Waals surface area contributed by atoms with Crippen LogP contribution in [0, 0.1) is 0 Å². The van der Waals surface area contributed by atoms with Gasteiger partial charge in [0.05, 0.1) is 4.90 Å². The Kier molecular flexibility index (Phi) is 8.09. The predicted molar refractivity (Wildman–Crippen MR) is 76.1 cm³/mol. The molecular weight excluding hydrogens is 306 g/mol. The average molecular weight is 322 g/mol. The van der Waals surface area contributed by atoms with Crippen LogP contribution in [0.25, 0.3) is 0 Å². The van der Waals surface area contributed by atoms with Gasteiger partial charge in [0.15, 0.2) is 0 Å². The minimum absolute atomic E-state index is 0.151. The summed E-state index contributed by atoms with van der Waals surface area (Å²) < 4.78 is 34.0. The molecule has 0 aliphatic carbocycles. The second-order valence-corrected chi connectivity index (χ2v) is 5.49. The van der Waals surface area contributed by atoms with Crippen molar-refractivity contribution in [2.45, 2.75) is 11.8 Å². The van der Waals surface area contributed by atoms with E-state index in [1.807, 2.05) is 0 Å². The first-order valence-corrected chi connectivity index (χ1v) is 7.26. The summed E-state index contributed by atoms with van der Waals surface area (Å²) in [5.41, 5.74) is 5.48. The SMILES string of the molecule is C=C(C)C(=O)OCCN.O=S(=O)(O)c1ccc(Cl)cc1. The first-order valence-electron chi connectivity index (χ1n) is 5.44. The third kappa shape index (κ3) is 7.90. The Labute approximate surface area is 122 Å². The van der Waals surface area contributed by atoms with Gasteiger partial charge < -0.3 is 10.5 Å². The summed E-state index contributed by atoms with van der Waals surface area (Å²) in [6.07, 6.45) is 0. The minimum Gasteiger partial charge on any atom is -0.461 e. The third-order valence-electron chi connectivity index (χ3n) is 1.81. The average Bonchev–Trinajstić information content (AvgIpc) is 2.36. The molecule has 0 aliphatic heterocycles. The van der Waals surface area contributed by atoms with Crippen LogP contribution in [0.3, 0.4) is 0 Å². The Morgan fingerprint density at radius 1 is 1.40 bits per heavy atom. The molecule has 0 saturated heterocycles. The van der Waals surface area contributed by atoms with E-state index in [-0.39, 0.29) is 17.5 Å². The number of ether oxygens (including phenoxy) is 1. The molecule has 3 N–H and O–H groups in total. The molecule has 0 saturated carbocycles. The van der Waals surface area contributed by atoms with Crippen molar-refractivity contribution in [1.29, 1.82) is 0 Å². The van der Waals surface area contributed by atoms with Crippen LogP contribution in [0.1, 0.15) is 6.92 Å². The molecule has 0 spiro atoms. The molecule has 8 heteroatoms. The molecule has 1 aromatic carbocycles. The van der Waals surface area contributed by atoms with Crippen molar-refractivity contribution in [2.75, 3.05) is 13.2 Å². The van der Waals surface area contributed by atoms with Crippen LogP contribution < -0.4 is 5.73 Å². The van der Waals surface area contributed by atoms with Gasteiger partial charge in [0, 0.05) is 17.1 Å². The highest BCUT2D eigenvalue weighted by molar-refractivity contribution is 7.85. The molecule has 1 aromatic rings. The third-order valence-corrected chi connectivity index (χ3v) is 2.93. The van der Waals surface area contributed by atoms with Crippen LogP contribution in [-0.4, -0.2) is 32.1 Å². The number of carbonyl (C=O) groups excluding carboxylic acids is 1. The van der Waals surface area contributed by atoms with Gasteiger partial charge in [-0.05, 0) is 31.2 Å². The van der Waals surface area contributed by atoms with Crippen molar-refractivity contribution in [1.82, 2.24) is 0 Å². The number of esters is 1. The van der Waals surface area contributed by atoms with Gasteiger partial charge in [-0.15, -0.1) is 0 Å². The van der Waals surface area contributed by atoms with Gasteiger partial charge in [0.1, 0.15) is 6.61 Å². The van der Waals surface area contributed by atoms with Crippen molar-refractivity contribution in [3.05, 3.63) is 41.4 Å². The standard InChI is InChI=1S/C6H5ClO3S.C6H11NO2/c7-5-1-3-6(4-2-5)11(8,9)10;1-5(2)6(8)9-4-3-7/h1-4H,(H,8,9,10);1,3-4,7H2,2H3. The number of rotatable bonds is 4. The molecule has 0 unspecified atom stereocenters. The van der Waals surface area contributed by atoms with Crippen molar-refractivity contribution in [2.24, 2.45) is 5.73 Å². The Morgan fingerprint density at radius 3 is 2.25 bits per heavy atom. The number of halogens is 1. The van der Waals surface area contributed by atoms with E-state index in [1.165, 1.54) is 24.3 Å². The van der Waals surface area contributed by atoms with E-state index in [0.717, 1.165) is 0 Å². The molecule has 0 aromatic heterocycles. The van der Waals surface area contributed by atoms with E-state index < -0.39 is 10.1 Å². The van der Waals surface area contributed by atoms with E-state index in [1.54, 1.807) is 6.92 Å².